The number of aryl methyl sites for hydroxylation is 1. The highest BCUT2D eigenvalue weighted by molar-refractivity contribution is 7.89. The topological polar surface area (TPSA) is 126 Å². The van der Waals surface area contributed by atoms with Crippen molar-refractivity contribution in [3.8, 4) is 17.0 Å². The van der Waals surface area contributed by atoms with E-state index in [1.807, 2.05) is 0 Å². The predicted octanol–water partition coefficient (Wildman–Crippen LogP) is 4.08. The van der Waals surface area contributed by atoms with E-state index in [4.69, 9.17) is 4.52 Å². The van der Waals surface area contributed by atoms with Gasteiger partial charge in [-0.2, -0.15) is 4.31 Å². The van der Waals surface area contributed by atoms with Gasteiger partial charge in [0.05, 0.1) is 32.9 Å². The largest absolute Gasteiger partial charge is 0.506 e. The van der Waals surface area contributed by atoms with E-state index < -0.39 is 21.7 Å². The van der Waals surface area contributed by atoms with Gasteiger partial charge in [0.1, 0.15) is 11.6 Å². The number of benzene rings is 2. The number of hydrogen-bond acceptors (Lipinski definition) is 7. The maximum absolute atomic E-state index is 14.4. The summed E-state index contributed by atoms with van der Waals surface area (Å²) >= 11 is 0. The van der Waals surface area contributed by atoms with Crippen molar-refractivity contribution < 1.29 is 27.2 Å². The van der Waals surface area contributed by atoms with Gasteiger partial charge < -0.3 is 14.9 Å². The van der Waals surface area contributed by atoms with Crippen molar-refractivity contribution in [3.05, 3.63) is 65.6 Å². The van der Waals surface area contributed by atoms with Crippen molar-refractivity contribution in [1.29, 1.82) is 0 Å². The van der Waals surface area contributed by atoms with Crippen LogP contribution in [0.2, 0.25) is 0 Å². The minimum atomic E-state index is -3.76. The minimum absolute atomic E-state index is 0.0411. The average molecular weight is 497 g/mol. The third-order valence-electron chi connectivity index (χ3n) is 5.93. The van der Waals surface area contributed by atoms with Crippen molar-refractivity contribution >= 4 is 32.7 Å². The first-order valence-electron chi connectivity index (χ1n) is 10.9. The summed E-state index contributed by atoms with van der Waals surface area (Å²) in [6.07, 6.45) is 1.56. The van der Waals surface area contributed by atoms with E-state index in [1.165, 1.54) is 46.8 Å². The van der Waals surface area contributed by atoms with Crippen molar-refractivity contribution in [2.75, 3.05) is 18.4 Å². The number of anilines is 1. The molecular weight excluding hydrogens is 475 g/mol. The number of hydrogen-bond donors (Lipinski definition) is 2. The standard InChI is InChI=1S/C24H21FN4O5S/c1-14-22-17(13-19(27-24(22)34-28-14)16-6-2-3-7-18(16)25)23(31)26-20-12-15(8-9-21(20)30)35(32,33)29-10-4-5-11-29/h2-3,6-9,12-13,30H,4-5,10-11H2,1H3,(H,26,31). The molecule has 0 spiro atoms. The number of aromatic hydroxyl groups is 1. The Morgan fingerprint density at radius 2 is 1.89 bits per heavy atom. The summed E-state index contributed by atoms with van der Waals surface area (Å²) in [6.45, 7) is 2.48. The lowest BCUT2D eigenvalue weighted by atomic mass is 10.0. The van der Waals surface area contributed by atoms with E-state index in [-0.39, 0.29) is 38.9 Å². The number of carbonyl (C=O) groups excluding carboxylic acids is 1. The van der Waals surface area contributed by atoms with Crippen molar-refractivity contribution in [2.45, 2.75) is 24.7 Å². The first-order valence-corrected chi connectivity index (χ1v) is 12.4. The zero-order valence-corrected chi connectivity index (χ0v) is 19.5. The maximum atomic E-state index is 14.4. The molecule has 9 nitrogen and oxygen atoms in total. The second kappa shape index (κ2) is 8.75. The van der Waals surface area contributed by atoms with Crippen LogP contribution in [-0.4, -0.2) is 47.0 Å². The van der Waals surface area contributed by atoms with E-state index in [2.05, 4.69) is 15.5 Å². The number of aromatic nitrogens is 2. The van der Waals surface area contributed by atoms with Crippen LogP contribution in [0.4, 0.5) is 10.1 Å². The number of fused-ring (bicyclic) bond motifs is 1. The maximum Gasteiger partial charge on any atom is 0.259 e. The first-order chi connectivity index (χ1) is 16.8. The Morgan fingerprint density at radius 1 is 1.14 bits per heavy atom. The Kier molecular flexibility index (Phi) is 5.73. The third-order valence-corrected chi connectivity index (χ3v) is 7.83. The molecule has 35 heavy (non-hydrogen) atoms. The molecule has 180 valence electrons. The van der Waals surface area contributed by atoms with Crippen LogP contribution in [0.5, 0.6) is 5.75 Å². The van der Waals surface area contributed by atoms with Gasteiger partial charge in [-0.3, -0.25) is 4.79 Å². The molecule has 5 rings (SSSR count). The number of sulfonamides is 1. The van der Waals surface area contributed by atoms with Crippen LogP contribution in [0, 0.1) is 12.7 Å². The monoisotopic (exact) mass is 496 g/mol. The highest BCUT2D eigenvalue weighted by atomic mass is 32.2. The molecule has 1 saturated heterocycles. The number of phenolic OH excluding ortho intramolecular Hbond substituents is 1. The molecule has 3 heterocycles. The molecule has 1 aliphatic rings. The van der Waals surface area contributed by atoms with Crippen LogP contribution in [0.25, 0.3) is 22.4 Å². The molecule has 0 saturated carbocycles. The molecule has 1 aliphatic heterocycles. The number of pyridine rings is 1. The van der Waals surface area contributed by atoms with E-state index in [0.717, 1.165) is 12.8 Å². The van der Waals surface area contributed by atoms with Crippen LogP contribution >= 0.6 is 0 Å². The van der Waals surface area contributed by atoms with Crippen LogP contribution in [0.15, 0.2) is 57.9 Å². The molecule has 1 fully saturated rings. The third kappa shape index (κ3) is 4.13. The fraction of sp³-hybridized carbons (Fsp3) is 0.208. The summed E-state index contributed by atoms with van der Waals surface area (Å²) in [5, 5.41) is 17.1. The summed E-state index contributed by atoms with van der Waals surface area (Å²) in [6, 6.07) is 11.1. The number of halogens is 1. The molecule has 2 aromatic carbocycles. The number of nitrogens with zero attached hydrogens (tertiary/aromatic N) is 3. The smallest absolute Gasteiger partial charge is 0.259 e. The Labute approximate surface area is 200 Å². The van der Waals surface area contributed by atoms with Gasteiger partial charge >= 0.3 is 0 Å². The van der Waals surface area contributed by atoms with E-state index in [1.54, 1.807) is 13.0 Å². The number of phenols is 1. The summed E-state index contributed by atoms with van der Waals surface area (Å²) in [4.78, 5) is 17.6. The van der Waals surface area contributed by atoms with Gasteiger partial charge in [-0.15, -0.1) is 0 Å². The van der Waals surface area contributed by atoms with E-state index >= 15 is 0 Å². The Hall–Kier alpha value is -3.83. The van der Waals surface area contributed by atoms with Gasteiger partial charge in [0.15, 0.2) is 0 Å². The Balaban J connectivity index is 1.55. The minimum Gasteiger partial charge on any atom is -0.506 e. The van der Waals surface area contributed by atoms with Gasteiger partial charge in [0, 0.05) is 18.7 Å². The fourth-order valence-corrected chi connectivity index (χ4v) is 5.67. The lowest BCUT2D eigenvalue weighted by Crippen LogP contribution is -2.28. The molecule has 1 amide bonds. The quantitative estimate of drug-likeness (QED) is 0.399. The van der Waals surface area contributed by atoms with Crippen molar-refractivity contribution in [3.63, 3.8) is 0 Å². The van der Waals surface area contributed by atoms with Crippen LogP contribution < -0.4 is 5.32 Å². The van der Waals surface area contributed by atoms with Crippen LogP contribution in [0.3, 0.4) is 0 Å². The summed E-state index contributed by atoms with van der Waals surface area (Å²) < 4.78 is 46.9. The normalized spacial score (nSPS) is 14.5. The highest BCUT2D eigenvalue weighted by Crippen LogP contribution is 2.32. The number of nitrogens with one attached hydrogen (secondary N) is 1. The van der Waals surface area contributed by atoms with Gasteiger partial charge in [0.2, 0.25) is 10.0 Å². The molecule has 0 radical (unpaired) electrons. The van der Waals surface area contributed by atoms with E-state index in [9.17, 15) is 22.7 Å². The lowest BCUT2D eigenvalue weighted by molar-refractivity contribution is 0.102. The second-order valence-electron chi connectivity index (χ2n) is 8.23. The van der Waals surface area contributed by atoms with E-state index in [0.29, 0.717) is 24.2 Å². The van der Waals surface area contributed by atoms with Gasteiger partial charge in [-0.25, -0.2) is 17.8 Å². The highest BCUT2D eigenvalue weighted by Gasteiger charge is 2.28. The second-order valence-corrected chi connectivity index (χ2v) is 10.2. The van der Waals surface area contributed by atoms with Gasteiger partial charge in [-0.1, -0.05) is 17.3 Å². The first kappa shape index (κ1) is 22.9. The number of amides is 1. The molecule has 0 aliphatic carbocycles. The zero-order chi connectivity index (χ0) is 24.7. The molecule has 0 unspecified atom stereocenters. The molecular formula is C24H21FN4O5S. The van der Waals surface area contributed by atoms with Gasteiger partial charge in [0.25, 0.3) is 11.6 Å². The number of rotatable bonds is 5. The van der Waals surface area contributed by atoms with Crippen molar-refractivity contribution in [2.24, 2.45) is 0 Å². The molecule has 4 aromatic rings. The average Bonchev–Trinajstić information content (AvgIpc) is 3.51. The lowest BCUT2D eigenvalue weighted by Gasteiger charge is -2.17. The predicted molar refractivity (Wildman–Crippen MR) is 126 cm³/mol. The molecule has 0 atom stereocenters. The number of carbonyl (C=O) groups is 1. The van der Waals surface area contributed by atoms with Crippen LogP contribution in [0.1, 0.15) is 28.9 Å². The fourth-order valence-electron chi connectivity index (χ4n) is 4.12. The van der Waals surface area contributed by atoms with Crippen LogP contribution in [-0.2, 0) is 10.0 Å². The molecule has 11 heteroatoms. The molecule has 2 aromatic heterocycles. The summed E-state index contributed by atoms with van der Waals surface area (Å²) in [7, 11) is -3.76. The summed E-state index contributed by atoms with van der Waals surface area (Å²) in [5.41, 5.74) is 0.766. The van der Waals surface area contributed by atoms with Gasteiger partial charge in [-0.05, 0) is 56.2 Å². The summed E-state index contributed by atoms with van der Waals surface area (Å²) in [5.74, 6) is -1.51. The zero-order valence-electron chi connectivity index (χ0n) is 18.7. The molecule has 0 bridgehead atoms. The molecule has 2 N–H and O–H groups in total. The Morgan fingerprint density at radius 3 is 2.63 bits per heavy atom. The SMILES string of the molecule is Cc1noc2nc(-c3ccccc3F)cc(C(=O)Nc3cc(S(=O)(=O)N4CCCC4)ccc3O)c12. The Bertz CT molecular complexity index is 1560. The van der Waals surface area contributed by atoms with Crippen molar-refractivity contribution in [1.82, 2.24) is 14.4 Å².